The Bertz CT molecular complexity index is 2300. The van der Waals surface area contributed by atoms with E-state index in [4.69, 9.17) is 5.73 Å². The summed E-state index contributed by atoms with van der Waals surface area (Å²) in [5, 5.41) is 34.3. The lowest BCUT2D eigenvalue weighted by atomic mass is 9.95. The minimum atomic E-state index is -1.65. The van der Waals surface area contributed by atoms with Gasteiger partial charge in [0.05, 0.1) is 12.6 Å². The molecular formula is C57H100N12O13. The van der Waals surface area contributed by atoms with Crippen molar-refractivity contribution in [2.45, 2.75) is 240 Å². The SMILES string of the molecule is CC[C@H](C)[C@H](NC(=O)[C@H](CCC(N)=O)NC(=O)C(C)(C)NC(C)=O)C(=O)N[C@H](C(=O)NC(C)(C)C(=O)N1CCC[C@H]1C(=O)N[C@H](C(=O)N[C@@H](CC(C)C)C(=O)NC(C)(C)C(=O)N1CCC[C@H]1C(=O)N[C@H](CO)C(C)C)[C@@H](C)CC)C(C)C. The van der Waals surface area contributed by atoms with Gasteiger partial charge >= 0.3 is 0 Å². The van der Waals surface area contributed by atoms with Gasteiger partial charge in [-0.25, -0.2) is 0 Å². The molecule has 12 amide bonds. The lowest BCUT2D eigenvalue weighted by Crippen LogP contribution is -2.64. The van der Waals surface area contributed by atoms with Crippen molar-refractivity contribution in [2.75, 3.05) is 19.7 Å². The number of hydrogen-bond acceptors (Lipinski definition) is 13. The van der Waals surface area contributed by atoms with E-state index < -0.39 is 154 Å². The topological polar surface area (TPSA) is 366 Å². The maximum Gasteiger partial charge on any atom is 0.248 e. The first-order valence-electron chi connectivity index (χ1n) is 29.1. The highest BCUT2D eigenvalue weighted by Crippen LogP contribution is 2.25. The number of primary amides is 1. The summed E-state index contributed by atoms with van der Waals surface area (Å²) in [5.74, 6) is -9.48. The second-order valence-corrected chi connectivity index (χ2v) is 25.1. The predicted octanol–water partition coefficient (Wildman–Crippen LogP) is 0.290. The molecule has 0 unspecified atom stereocenters. The van der Waals surface area contributed by atoms with E-state index in [1.54, 1.807) is 34.6 Å². The molecule has 0 aromatic rings. The minimum absolute atomic E-state index is 0.0533. The van der Waals surface area contributed by atoms with Gasteiger partial charge < -0.3 is 68.5 Å². The van der Waals surface area contributed by atoms with E-state index in [-0.39, 0.29) is 57.2 Å². The summed E-state index contributed by atoms with van der Waals surface area (Å²) in [6.07, 6.45) is 2.05. The van der Waals surface area contributed by atoms with Crippen LogP contribution in [0.3, 0.4) is 0 Å². The number of aliphatic hydroxyl groups is 1. The Morgan fingerprint density at radius 2 is 0.988 bits per heavy atom. The monoisotopic (exact) mass is 1160 g/mol. The summed E-state index contributed by atoms with van der Waals surface area (Å²) >= 11 is 0. The van der Waals surface area contributed by atoms with Crippen LogP contribution >= 0.6 is 0 Å². The van der Waals surface area contributed by atoms with Crippen LogP contribution in [-0.2, 0) is 57.5 Å². The Balaban J connectivity index is 2.31. The summed E-state index contributed by atoms with van der Waals surface area (Å²) in [4.78, 5) is 166. The van der Waals surface area contributed by atoms with Gasteiger partial charge in [-0.15, -0.1) is 0 Å². The number of nitrogens with one attached hydrogen (secondary N) is 9. The average Bonchev–Trinajstić information content (AvgIpc) is 4.29. The van der Waals surface area contributed by atoms with Crippen LogP contribution in [0.1, 0.15) is 175 Å². The molecule has 0 aliphatic carbocycles. The highest BCUT2D eigenvalue weighted by atomic mass is 16.3. The van der Waals surface area contributed by atoms with Crippen molar-refractivity contribution in [3.8, 4) is 0 Å². The van der Waals surface area contributed by atoms with Gasteiger partial charge in [0, 0.05) is 26.4 Å². The second-order valence-electron chi connectivity index (χ2n) is 25.1. The van der Waals surface area contributed by atoms with Gasteiger partial charge in [0.2, 0.25) is 70.9 Å². The largest absolute Gasteiger partial charge is 0.394 e. The van der Waals surface area contributed by atoms with Gasteiger partial charge in [0.15, 0.2) is 0 Å². The van der Waals surface area contributed by atoms with E-state index in [0.29, 0.717) is 32.1 Å². The number of amides is 12. The zero-order valence-corrected chi connectivity index (χ0v) is 51.8. The lowest BCUT2D eigenvalue weighted by molar-refractivity contribution is -0.146. The van der Waals surface area contributed by atoms with Crippen LogP contribution < -0.4 is 53.6 Å². The molecule has 0 aromatic heterocycles. The Kier molecular flexibility index (Phi) is 27.4. The van der Waals surface area contributed by atoms with Crippen LogP contribution in [0.25, 0.3) is 0 Å². The van der Waals surface area contributed by atoms with Crippen molar-refractivity contribution in [3.05, 3.63) is 0 Å². The fourth-order valence-electron chi connectivity index (χ4n) is 9.91. The first-order valence-corrected chi connectivity index (χ1v) is 29.1. The summed E-state index contributed by atoms with van der Waals surface area (Å²) in [6, 6.07) is -8.54. The van der Waals surface area contributed by atoms with Crippen molar-refractivity contribution in [1.29, 1.82) is 0 Å². The van der Waals surface area contributed by atoms with Gasteiger partial charge in [-0.05, 0) is 110 Å². The molecule has 0 spiro atoms. The average molecular weight is 1160 g/mol. The summed E-state index contributed by atoms with van der Waals surface area (Å²) < 4.78 is 0. The number of likely N-dealkylation sites (tertiary alicyclic amines) is 2. The first-order chi connectivity index (χ1) is 37.9. The van der Waals surface area contributed by atoms with E-state index in [1.807, 2.05) is 34.6 Å². The Morgan fingerprint density at radius 3 is 1.41 bits per heavy atom. The Hall–Kier alpha value is -6.40. The highest BCUT2D eigenvalue weighted by molar-refractivity contribution is 6.01. The van der Waals surface area contributed by atoms with Crippen LogP contribution in [0.2, 0.25) is 0 Å². The van der Waals surface area contributed by atoms with E-state index in [1.165, 1.54) is 58.3 Å². The summed E-state index contributed by atoms with van der Waals surface area (Å²) in [7, 11) is 0. The third kappa shape index (κ3) is 20.5. The van der Waals surface area contributed by atoms with Crippen LogP contribution in [-0.4, -0.2) is 170 Å². The van der Waals surface area contributed by atoms with Crippen LogP contribution in [0.5, 0.6) is 0 Å². The third-order valence-corrected chi connectivity index (χ3v) is 15.4. The van der Waals surface area contributed by atoms with Gasteiger partial charge in [0.25, 0.3) is 0 Å². The normalized spacial score (nSPS) is 18.6. The van der Waals surface area contributed by atoms with Crippen molar-refractivity contribution in [1.82, 2.24) is 57.7 Å². The van der Waals surface area contributed by atoms with E-state index >= 15 is 0 Å². The molecule has 2 aliphatic heterocycles. The molecule has 82 heavy (non-hydrogen) atoms. The van der Waals surface area contributed by atoms with Crippen molar-refractivity contribution in [2.24, 2.45) is 35.3 Å². The molecular weight excluding hydrogens is 1060 g/mol. The summed E-state index contributed by atoms with van der Waals surface area (Å²) in [5.41, 5.74) is 0.749. The van der Waals surface area contributed by atoms with Crippen molar-refractivity contribution < 1.29 is 62.6 Å². The maximum atomic E-state index is 14.5. The van der Waals surface area contributed by atoms with Crippen molar-refractivity contribution >= 4 is 70.9 Å². The van der Waals surface area contributed by atoms with E-state index in [9.17, 15) is 62.6 Å². The molecule has 0 aromatic carbocycles. The molecule has 10 atom stereocenters. The number of rotatable bonds is 31. The quantitative estimate of drug-likeness (QED) is 0.0445. The fourth-order valence-corrected chi connectivity index (χ4v) is 9.91. The number of hydrogen-bond donors (Lipinski definition) is 11. The molecule has 25 heteroatoms. The maximum absolute atomic E-state index is 14.5. The highest BCUT2D eigenvalue weighted by Gasteiger charge is 2.46. The number of aliphatic hydroxyl groups excluding tert-OH is 1. The van der Waals surface area contributed by atoms with Crippen LogP contribution in [0.15, 0.2) is 0 Å². The molecule has 2 heterocycles. The number of carbonyl (C=O) groups is 12. The van der Waals surface area contributed by atoms with Gasteiger partial charge in [-0.1, -0.05) is 82.1 Å². The molecule has 12 N–H and O–H groups in total. The Labute approximate surface area is 485 Å². The zero-order valence-electron chi connectivity index (χ0n) is 51.8. The predicted molar refractivity (Wildman–Crippen MR) is 307 cm³/mol. The van der Waals surface area contributed by atoms with Gasteiger partial charge in [-0.2, -0.15) is 0 Å². The molecule has 2 fully saturated rings. The number of carbonyl (C=O) groups excluding carboxylic acids is 12. The van der Waals surface area contributed by atoms with Gasteiger partial charge in [-0.3, -0.25) is 57.5 Å². The fraction of sp³-hybridized carbons (Fsp3) is 0.789. The number of nitrogens with zero attached hydrogens (tertiary/aromatic N) is 2. The van der Waals surface area contributed by atoms with Crippen LogP contribution in [0.4, 0.5) is 0 Å². The molecule has 0 bridgehead atoms. The Morgan fingerprint density at radius 1 is 0.537 bits per heavy atom. The number of nitrogens with two attached hydrogens (primary N) is 1. The lowest BCUT2D eigenvalue weighted by Gasteiger charge is -2.36. The first kappa shape index (κ1) is 71.7. The third-order valence-electron chi connectivity index (χ3n) is 15.4. The molecule has 466 valence electrons. The summed E-state index contributed by atoms with van der Waals surface area (Å²) in [6.45, 7) is 28.0. The van der Waals surface area contributed by atoms with Crippen LogP contribution in [0, 0.1) is 29.6 Å². The second kappa shape index (κ2) is 31.3. The van der Waals surface area contributed by atoms with E-state index in [2.05, 4.69) is 47.9 Å². The molecule has 25 nitrogen and oxygen atoms in total. The molecule has 0 radical (unpaired) electrons. The molecule has 2 saturated heterocycles. The van der Waals surface area contributed by atoms with Gasteiger partial charge in [0.1, 0.15) is 58.9 Å². The standard InChI is InChI=1S/C57H100N12O13/c1-18-33(9)43(49(77)59-37(28-30(3)4)46(74)66-56(14,15)53(81)68-26-20-22-39(68)47(75)60-38(29-70)31(5)6)64-48(76)40-23-21-27-69(40)54(82)57(16,17)67-51(79)42(32(7)8)62-50(78)44(34(10)19-2)63-45(73)36(24-25-41(58)72)61-52(80)55(12,13)65-35(11)71/h30-34,36-40,42-44,70H,18-29H2,1-17H3,(H2,58,72)(H,59,77)(H,60,75)(H,61,80)(H,62,78)(H,63,73)(H,64,76)(H,65,71)(H,66,74)(H,67,79)/t33-,34-,36-,37-,38+,39-,40-,42-,43-,44-/m0/s1. The molecule has 2 aliphatic rings. The molecule has 2 rings (SSSR count). The van der Waals surface area contributed by atoms with E-state index in [0.717, 1.165) is 0 Å². The minimum Gasteiger partial charge on any atom is -0.394 e. The van der Waals surface area contributed by atoms with Crippen molar-refractivity contribution in [3.63, 3.8) is 0 Å². The smallest absolute Gasteiger partial charge is 0.248 e. The molecule has 0 saturated carbocycles. The zero-order chi connectivity index (χ0) is 62.9.